The number of pyridine rings is 1. The van der Waals surface area contributed by atoms with E-state index < -0.39 is 0 Å². The van der Waals surface area contributed by atoms with Gasteiger partial charge in [-0.2, -0.15) is 5.26 Å². The lowest BCUT2D eigenvalue weighted by molar-refractivity contribution is 1.12. The topological polar surface area (TPSA) is 72.3 Å². The van der Waals surface area contributed by atoms with Crippen LogP contribution in [0.15, 0.2) is 122 Å². The third-order valence-electron chi connectivity index (χ3n) is 9.86. The minimum absolute atomic E-state index is 0.605. The first-order valence-corrected chi connectivity index (χ1v) is 15.3. The van der Waals surface area contributed by atoms with Crippen molar-refractivity contribution in [3.63, 3.8) is 0 Å². The van der Waals surface area contributed by atoms with Crippen molar-refractivity contribution in [3.05, 3.63) is 127 Å². The fourth-order valence-electron chi connectivity index (χ4n) is 8.16. The van der Waals surface area contributed by atoms with Gasteiger partial charge in [-0.05, 0) is 52.6 Å². The standard InChI is InChI=1S/C40H20N6/c41-19-27-29(45-31-14-4-10-24-28-20-42-21-44-39(28)26-11-5-16-33(45)37(26)35(24)31)12-6-13-30(27)46-32-15-3-9-23-22-7-1-2-8-25(22)40-38(36(23)32)34(46)17-18-43-40/h1-18,20-21H. The fourth-order valence-corrected chi connectivity index (χ4v) is 8.16. The second-order valence-electron chi connectivity index (χ2n) is 11.9. The molecule has 6 nitrogen and oxygen atoms in total. The van der Waals surface area contributed by atoms with Crippen LogP contribution in [0.5, 0.6) is 0 Å². The van der Waals surface area contributed by atoms with E-state index in [-0.39, 0.29) is 0 Å². The van der Waals surface area contributed by atoms with E-state index in [1.807, 2.05) is 12.4 Å². The normalized spacial score (nSPS) is 12.3. The van der Waals surface area contributed by atoms with Crippen molar-refractivity contribution < 1.29 is 0 Å². The number of rotatable bonds is 2. The highest BCUT2D eigenvalue weighted by Crippen LogP contribution is 2.45. The minimum atomic E-state index is 0.605. The van der Waals surface area contributed by atoms with Crippen molar-refractivity contribution in [1.29, 1.82) is 5.26 Å². The summed E-state index contributed by atoms with van der Waals surface area (Å²) in [5, 5.41) is 22.3. The average molecular weight is 585 g/mol. The quantitative estimate of drug-likeness (QED) is 0.190. The van der Waals surface area contributed by atoms with Crippen LogP contribution in [-0.4, -0.2) is 24.1 Å². The molecule has 0 amide bonds. The SMILES string of the molecule is N#Cc1c(-n2c3cccc4c5cncnc5c5cccc2c5c43)cccc1-n1c2cccc3c4ccccc4c4nccc1c4c32. The van der Waals surface area contributed by atoms with Gasteiger partial charge < -0.3 is 9.13 Å². The number of fused-ring (bicyclic) bond motifs is 6. The Kier molecular flexibility index (Phi) is 4.31. The van der Waals surface area contributed by atoms with E-state index in [1.54, 1.807) is 6.33 Å². The molecule has 0 N–H and O–H groups in total. The van der Waals surface area contributed by atoms with Crippen molar-refractivity contribution >= 4 is 87.0 Å². The second-order valence-corrected chi connectivity index (χ2v) is 11.9. The molecule has 0 spiro atoms. The van der Waals surface area contributed by atoms with Gasteiger partial charge in [0.1, 0.15) is 18.0 Å². The van der Waals surface area contributed by atoms with Crippen molar-refractivity contribution in [3.8, 4) is 17.4 Å². The molecule has 0 aliphatic heterocycles. The number of nitrogens with zero attached hydrogens (tertiary/aromatic N) is 6. The maximum Gasteiger partial charge on any atom is 0.116 e. The molecule has 4 heterocycles. The van der Waals surface area contributed by atoms with Gasteiger partial charge in [-0.3, -0.25) is 4.98 Å². The highest BCUT2D eigenvalue weighted by molar-refractivity contribution is 6.34. The Labute approximate surface area is 260 Å². The average Bonchev–Trinajstić information content (AvgIpc) is 3.64. The summed E-state index contributed by atoms with van der Waals surface area (Å²) < 4.78 is 4.50. The van der Waals surface area contributed by atoms with E-state index in [9.17, 15) is 5.26 Å². The third-order valence-corrected chi connectivity index (χ3v) is 9.86. The van der Waals surface area contributed by atoms with Gasteiger partial charge in [0.15, 0.2) is 0 Å². The maximum atomic E-state index is 11.0. The Morgan fingerprint density at radius 2 is 1.04 bits per heavy atom. The summed E-state index contributed by atoms with van der Waals surface area (Å²) >= 11 is 0. The number of nitriles is 1. The highest BCUT2D eigenvalue weighted by Gasteiger charge is 2.25. The Morgan fingerprint density at radius 3 is 1.76 bits per heavy atom. The van der Waals surface area contributed by atoms with Crippen LogP contribution >= 0.6 is 0 Å². The molecular formula is C40H20N6. The van der Waals surface area contributed by atoms with Gasteiger partial charge in [0.25, 0.3) is 0 Å². The molecule has 210 valence electrons. The summed E-state index contributed by atoms with van der Waals surface area (Å²) in [6.07, 6.45) is 5.41. The monoisotopic (exact) mass is 584 g/mol. The zero-order chi connectivity index (χ0) is 30.1. The first-order valence-electron chi connectivity index (χ1n) is 15.3. The van der Waals surface area contributed by atoms with Gasteiger partial charge in [0, 0.05) is 50.1 Å². The molecule has 4 aromatic heterocycles. The maximum absolute atomic E-state index is 11.0. The first kappa shape index (κ1) is 23.8. The summed E-state index contributed by atoms with van der Waals surface area (Å²) in [7, 11) is 0. The Bertz CT molecular complexity index is 2730. The zero-order valence-electron chi connectivity index (χ0n) is 24.2. The van der Waals surface area contributed by atoms with Crippen molar-refractivity contribution in [2.75, 3.05) is 0 Å². The molecule has 6 heteroatoms. The number of benzene rings is 7. The number of aromatic nitrogens is 5. The fraction of sp³-hybridized carbons (Fsp3) is 0. The smallest absolute Gasteiger partial charge is 0.116 e. The van der Waals surface area contributed by atoms with Crippen molar-refractivity contribution in [2.24, 2.45) is 0 Å². The predicted octanol–water partition coefficient (Wildman–Crippen LogP) is 9.43. The molecule has 0 saturated heterocycles. The molecule has 11 aromatic rings. The summed E-state index contributed by atoms with van der Waals surface area (Å²) in [6.45, 7) is 0. The number of hydrogen-bond donors (Lipinski definition) is 0. The van der Waals surface area contributed by atoms with Crippen molar-refractivity contribution in [2.45, 2.75) is 0 Å². The summed E-state index contributed by atoms with van der Waals surface area (Å²) in [4.78, 5) is 14.0. The molecular weight excluding hydrogens is 564 g/mol. The van der Waals surface area contributed by atoms with Gasteiger partial charge in [-0.1, -0.05) is 66.7 Å². The Morgan fingerprint density at radius 1 is 0.478 bits per heavy atom. The second kappa shape index (κ2) is 8.32. The van der Waals surface area contributed by atoms with Crippen LogP contribution in [0, 0.1) is 11.3 Å². The summed E-state index contributed by atoms with van der Waals surface area (Å²) in [6, 6.07) is 38.6. The van der Waals surface area contributed by atoms with E-state index in [4.69, 9.17) is 9.97 Å². The molecule has 0 radical (unpaired) electrons. The van der Waals surface area contributed by atoms with E-state index in [0.29, 0.717) is 5.56 Å². The third kappa shape index (κ3) is 2.71. The largest absolute Gasteiger partial charge is 0.308 e. The van der Waals surface area contributed by atoms with Gasteiger partial charge >= 0.3 is 0 Å². The highest BCUT2D eigenvalue weighted by atomic mass is 15.0. The lowest BCUT2D eigenvalue weighted by Gasteiger charge is -2.15. The van der Waals surface area contributed by atoms with Crippen LogP contribution in [0.2, 0.25) is 0 Å². The predicted molar refractivity (Wildman–Crippen MR) is 186 cm³/mol. The molecule has 7 aromatic carbocycles. The molecule has 0 bridgehead atoms. The Balaban J connectivity index is 1.30. The molecule has 11 rings (SSSR count). The lowest BCUT2D eigenvalue weighted by atomic mass is 9.97. The van der Waals surface area contributed by atoms with Crippen LogP contribution in [0.4, 0.5) is 0 Å². The van der Waals surface area contributed by atoms with Crippen LogP contribution in [0.3, 0.4) is 0 Å². The molecule has 0 aliphatic rings. The molecule has 46 heavy (non-hydrogen) atoms. The van der Waals surface area contributed by atoms with Crippen molar-refractivity contribution in [1.82, 2.24) is 24.1 Å². The van der Waals surface area contributed by atoms with Crippen LogP contribution < -0.4 is 0 Å². The van der Waals surface area contributed by atoms with Gasteiger partial charge in [0.05, 0.1) is 44.5 Å². The van der Waals surface area contributed by atoms with E-state index >= 15 is 0 Å². The van der Waals surface area contributed by atoms with Gasteiger partial charge in [0.2, 0.25) is 0 Å². The lowest BCUT2D eigenvalue weighted by Crippen LogP contribution is -2.03. The van der Waals surface area contributed by atoms with Crippen LogP contribution in [0.25, 0.3) is 98.3 Å². The molecule has 0 aliphatic carbocycles. The first-order chi connectivity index (χ1) is 22.8. The Hall–Kier alpha value is -6.58. The molecule has 0 unspecified atom stereocenters. The molecule has 0 atom stereocenters. The van der Waals surface area contributed by atoms with Crippen LogP contribution in [-0.2, 0) is 0 Å². The minimum Gasteiger partial charge on any atom is -0.308 e. The zero-order valence-corrected chi connectivity index (χ0v) is 24.2. The summed E-state index contributed by atoms with van der Waals surface area (Å²) in [5.74, 6) is 0. The van der Waals surface area contributed by atoms with E-state index in [0.717, 1.165) is 82.2 Å². The van der Waals surface area contributed by atoms with E-state index in [2.05, 4.69) is 123 Å². The molecule has 0 fully saturated rings. The van der Waals surface area contributed by atoms with Gasteiger partial charge in [-0.25, -0.2) is 9.97 Å². The van der Waals surface area contributed by atoms with Gasteiger partial charge in [-0.15, -0.1) is 0 Å². The summed E-state index contributed by atoms with van der Waals surface area (Å²) in [5.41, 5.74) is 8.38. The molecule has 0 saturated carbocycles. The van der Waals surface area contributed by atoms with E-state index in [1.165, 1.54) is 16.2 Å². The number of hydrogen-bond acceptors (Lipinski definition) is 4. The van der Waals surface area contributed by atoms with Crippen LogP contribution in [0.1, 0.15) is 5.56 Å².